The van der Waals surface area contributed by atoms with Crippen LogP contribution in [0, 0.1) is 0 Å². The van der Waals surface area contributed by atoms with E-state index in [0.29, 0.717) is 30.3 Å². The van der Waals surface area contributed by atoms with Gasteiger partial charge in [-0.15, -0.1) is 0 Å². The highest BCUT2D eigenvalue weighted by molar-refractivity contribution is 5.94. The number of nitrogens with zero attached hydrogens (tertiary/aromatic N) is 1. The minimum absolute atomic E-state index is 0.140. The van der Waals surface area contributed by atoms with Gasteiger partial charge in [0.1, 0.15) is 30.0 Å². The summed E-state index contributed by atoms with van der Waals surface area (Å²) in [7, 11) is 0. The molecule has 1 amide bonds. The Kier molecular flexibility index (Phi) is 9.50. The molecule has 1 fully saturated rings. The van der Waals surface area contributed by atoms with Crippen LogP contribution in [0.25, 0.3) is 10.8 Å². The van der Waals surface area contributed by atoms with Gasteiger partial charge in [0.05, 0.1) is 6.54 Å². The predicted molar refractivity (Wildman–Crippen MR) is 131 cm³/mol. The van der Waals surface area contributed by atoms with E-state index in [-0.39, 0.29) is 12.0 Å². The Morgan fingerprint density at radius 2 is 1.73 bits per heavy atom. The number of aliphatic carboxylic acids is 1. The molecule has 12 heteroatoms. The van der Waals surface area contributed by atoms with E-state index in [9.17, 15) is 18.0 Å². The highest BCUT2D eigenvalue weighted by Crippen LogP contribution is 2.24. The van der Waals surface area contributed by atoms with Gasteiger partial charge in [0, 0.05) is 17.1 Å². The second-order valence-corrected chi connectivity index (χ2v) is 8.08. The van der Waals surface area contributed by atoms with Crippen molar-refractivity contribution in [1.82, 2.24) is 15.6 Å². The van der Waals surface area contributed by atoms with E-state index in [4.69, 9.17) is 25.1 Å². The lowest BCUT2D eigenvalue weighted by molar-refractivity contribution is -0.192. The monoisotopic (exact) mass is 520 g/mol. The van der Waals surface area contributed by atoms with Gasteiger partial charge in [-0.1, -0.05) is 6.07 Å². The van der Waals surface area contributed by atoms with E-state index in [2.05, 4.69) is 15.6 Å². The van der Waals surface area contributed by atoms with Crippen molar-refractivity contribution in [2.75, 3.05) is 32.0 Å². The Balaban J connectivity index is 0.000000479. The molecule has 9 nitrogen and oxygen atoms in total. The summed E-state index contributed by atoms with van der Waals surface area (Å²) in [6.07, 6.45) is -1.16. The number of nitrogens with two attached hydrogens (primary N) is 1. The zero-order chi connectivity index (χ0) is 26.8. The van der Waals surface area contributed by atoms with Gasteiger partial charge < -0.3 is 30.9 Å². The number of aromatic nitrogens is 1. The average molecular weight is 521 g/mol. The van der Waals surface area contributed by atoms with Gasteiger partial charge >= 0.3 is 12.1 Å². The topological polar surface area (TPSA) is 136 Å². The van der Waals surface area contributed by atoms with Crippen LogP contribution in [0.2, 0.25) is 0 Å². The molecular weight excluding hydrogens is 493 g/mol. The normalized spacial score (nSPS) is 13.8. The first kappa shape index (κ1) is 27.5. The summed E-state index contributed by atoms with van der Waals surface area (Å²) in [5.41, 5.74) is 6.51. The lowest BCUT2D eigenvalue weighted by atomic mass is 10.1. The minimum atomic E-state index is -5.08. The van der Waals surface area contributed by atoms with Gasteiger partial charge in [-0.05, 0) is 73.8 Å². The summed E-state index contributed by atoms with van der Waals surface area (Å²) >= 11 is 0. The molecule has 5 N–H and O–H groups in total. The third kappa shape index (κ3) is 8.53. The van der Waals surface area contributed by atoms with Crippen LogP contribution in [0.5, 0.6) is 11.5 Å². The van der Waals surface area contributed by atoms with Crippen molar-refractivity contribution in [2.24, 2.45) is 0 Å². The molecule has 1 aromatic heterocycles. The van der Waals surface area contributed by atoms with Crippen molar-refractivity contribution in [3.8, 4) is 11.5 Å². The number of amides is 1. The van der Waals surface area contributed by atoms with Gasteiger partial charge in [0.15, 0.2) is 0 Å². The number of halogens is 3. The molecule has 1 saturated heterocycles. The molecule has 2 aromatic carbocycles. The number of nitrogens with one attached hydrogen (secondary N) is 2. The fourth-order valence-electron chi connectivity index (χ4n) is 3.49. The van der Waals surface area contributed by atoms with E-state index in [0.717, 1.165) is 42.5 Å². The van der Waals surface area contributed by atoms with E-state index < -0.39 is 12.1 Å². The Labute approximate surface area is 210 Å². The van der Waals surface area contributed by atoms with Gasteiger partial charge in [-0.25, -0.2) is 9.78 Å². The second-order valence-electron chi connectivity index (χ2n) is 8.08. The maximum atomic E-state index is 12.3. The number of carboxylic acid groups (broad SMARTS) is 1. The van der Waals surface area contributed by atoms with Crippen LogP contribution in [-0.4, -0.2) is 60.5 Å². The van der Waals surface area contributed by atoms with Gasteiger partial charge in [-0.2, -0.15) is 13.2 Å². The SMILES string of the molecule is Nc1nccc2ccc(OCCNC(=O)c3ccc(OC4CCNCC4)cc3)cc12.O=C(O)C(F)(F)F. The quantitative estimate of drug-likeness (QED) is 0.348. The van der Waals surface area contributed by atoms with Crippen LogP contribution >= 0.6 is 0 Å². The number of fused-ring (bicyclic) bond motifs is 1. The predicted octanol–water partition coefficient (Wildman–Crippen LogP) is 3.39. The number of nitrogen functional groups attached to an aromatic ring is 1. The molecular formula is C25H27F3N4O5. The number of hydrogen-bond donors (Lipinski definition) is 4. The zero-order valence-electron chi connectivity index (χ0n) is 19.8. The maximum Gasteiger partial charge on any atom is 0.490 e. The van der Waals surface area contributed by atoms with E-state index in [1.165, 1.54) is 0 Å². The van der Waals surface area contributed by atoms with Crippen molar-refractivity contribution >= 4 is 28.5 Å². The van der Waals surface area contributed by atoms with E-state index in [1.54, 1.807) is 18.3 Å². The van der Waals surface area contributed by atoms with Crippen molar-refractivity contribution in [1.29, 1.82) is 0 Å². The first-order valence-electron chi connectivity index (χ1n) is 11.5. The summed E-state index contributed by atoms with van der Waals surface area (Å²) in [6, 6.07) is 14.8. The highest BCUT2D eigenvalue weighted by Gasteiger charge is 2.38. The number of carbonyl (C=O) groups excluding carboxylic acids is 1. The van der Waals surface area contributed by atoms with Gasteiger partial charge in [0.2, 0.25) is 0 Å². The van der Waals surface area contributed by atoms with Crippen LogP contribution in [0.1, 0.15) is 23.2 Å². The molecule has 0 aliphatic carbocycles. The fourth-order valence-corrected chi connectivity index (χ4v) is 3.49. The number of anilines is 1. The highest BCUT2D eigenvalue weighted by atomic mass is 19.4. The lowest BCUT2D eigenvalue weighted by Gasteiger charge is -2.23. The molecule has 37 heavy (non-hydrogen) atoms. The third-order valence-corrected chi connectivity index (χ3v) is 5.37. The van der Waals surface area contributed by atoms with Crippen molar-refractivity contribution in [3.05, 3.63) is 60.3 Å². The number of piperidine rings is 1. The Hall–Kier alpha value is -4.06. The number of rotatable bonds is 7. The molecule has 1 aliphatic rings. The summed E-state index contributed by atoms with van der Waals surface area (Å²) in [4.78, 5) is 25.3. The van der Waals surface area contributed by atoms with Crippen molar-refractivity contribution in [2.45, 2.75) is 25.1 Å². The van der Waals surface area contributed by atoms with Crippen LogP contribution in [-0.2, 0) is 4.79 Å². The summed E-state index contributed by atoms with van der Waals surface area (Å²) in [5.74, 6) is -0.937. The molecule has 0 bridgehead atoms. The number of alkyl halides is 3. The lowest BCUT2D eigenvalue weighted by Crippen LogP contribution is -2.34. The maximum absolute atomic E-state index is 12.3. The van der Waals surface area contributed by atoms with Gasteiger partial charge in [-0.3, -0.25) is 4.79 Å². The van der Waals surface area contributed by atoms with Gasteiger partial charge in [0.25, 0.3) is 5.91 Å². The molecule has 0 unspecified atom stereocenters. The first-order valence-corrected chi connectivity index (χ1v) is 11.5. The average Bonchev–Trinajstić information content (AvgIpc) is 2.88. The molecule has 0 radical (unpaired) electrons. The first-order chi connectivity index (χ1) is 17.6. The Morgan fingerprint density at radius 1 is 1.08 bits per heavy atom. The number of carboxylic acids is 1. The third-order valence-electron chi connectivity index (χ3n) is 5.37. The molecule has 0 saturated carbocycles. The van der Waals surface area contributed by atoms with Crippen LogP contribution in [0.15, 0.2) is 54.7 Å². The number of ether oxygens (including phenoxy) is 2. The minimum Gasteiger partial charge on any atom is -0.492 e. The molecule has 1 aliphatic heterocycles. The molecule has 198 valence electrons. The number of pyridine rings is 1. The summed E-state index contributed by atoms with van der Waals surface area (Å²) < 4.78 is 43.4. The van der Waals surface area contributed by atoms with Crippen LogP contribution in [0.4, 0.5) is 19.0 Å². The molecule has 3 aromatic rings. The summed E-state index contributed by atoms with van der Waals surface area (Å²) in [5, 5.41) is 15.2. The van der Waals surface area contributed by atoms with Crippen molar-refractivity contribution in [3.63, 3.8) is 0 Å². The molecule has 4 rings (SSSR count). The van der Waals surface area contributed by atoms with E-state index in [1.807, 2.05) is 36.4 Å². The summed E-state index contributed by atoms with van der Waals surface area (Å²) in [6.45, 7) is 2.72. The number of benzene rings is 2. The molecule has 2 heterocycles. The van der Waals surface area contributed by atoms with Crippen molar-refractivity contribution < 1.29 is 37.3 Å². The number of carbonyl (C=O) groups is 2. The smallest absolute Gasteiger partial charge is 0.490 e. The largest absolute Gasteiger partial charge is 0.492 e. The molecule has 0 atom stereocenters. The molecule has 0 spiro atoms. The number of hydrogen-bond acceptors (Lipinski definition) is 7. The zero-order valence-corrected chi connectivity index (χ0v) is 19.8. The fraction of sp³-hybridized carbons (Fsp3) is 0.320. The Morgan fingerprint density at radius 3 is 2.38 bits per heavy atom. The van der Waals surface area contributed by atoms with E-state index >= 15 is 0 Å². The van der Waals surface area contributed by atoms with Crippen LogP contribution in [0.3, 0.4) is 0 Å². The second kappa shape index (κ2) is 12.8. The van der Waals surface area contributed by atoms with Crippen LogP contribution < -0.4 is 25.8 Å². The standard InChI is InChI=1S/C23H26N4O3.C2HF3O2/c24-22-21-15-20(6-1-16(21)7-12-26-22)29-14-13-27-23(28)17-2-4-18(5-3-17)30-19-8-10-25-11-9-19;3-2(4,5)1(6)7/h1-7,12,15,19,25H,8-11,13-14H2,(H2,24,26)(H,27,28);(H,6,7). The Bertz CT molecular complexity index is 1200.